The fourth-order valence-electron chi connectivity index (χ4n) is 1.34. The molecule has 0 amide bonds. The Morgan fingerprint density at radius 2 is 2.55 bits per heavy atom. The Morgan fingerprint density at radius 1 is 1.73 bits per heavy atom. The highest BCUT2D eigenvalue weighted by molar-refractivity contribution is 5.36. The summed E-state index contributed by atoms with van der Waals surface area (Å²) in [7, 11) is 0. The number of nitrogens with two attached hydrogens (primary N) is 1. The van der Waals surface area contributed by atoms with Crippen LogP contribution in [0.25, 0.3) is 0 Å². The molecule has 11 heavy (non-hydrogen) atoms. The van der Waals surface area contributed by atoms with Crippen LogP contribution in [0.5, 0.6) is 0 Å². The zero-order valence-electron chi connectivity index (χ0n) is 6.53. The van der Waals surface area contributed by atoms with Crippen molar-refractivity contribution in [1.82, 2.24) is 4.90 Å². The molecule has 0 radical (unpaired) electrons. The van der Waals surface area contributed by atoms with Gasteiger partial charge in [-0.1, -0.05) is 0 Å². The topological polar surface area (TPSA) is 55.6 Å². The van der Waals surface area contributed by atoms with E-state index >= 15 is 0 Å². The van der Waals surface area contributed by atoms with Gasteiger partial charge in [0.2, 0.25) is 0 Å². The van der Waals surface area contributed by atoms with E-state index in [2.05, 4.69) is 4.74 Å². The van der Waals surface area contributed by atoms with E-state index in [9.17, 15) is 4.79 Å². The molecule has 1 atom stereocenters. The normalized spacial score (nSPS) is 26.5. The van der Waals surface area contributed by atoms with Gasteiger partial charge in [-0.2, -0.15) is 0 Å². The fraction of sp³-hybridized carbons (Fsp3) is 0.857. The second-order valence-corrected chi connectivity index (χ2v) is 2.87. The quantitative estimate of drug-likeness (QED) is 0.565. The molecule has 0 spiro atoms. The number of piperidine rings is 1. The van der Waals surface area contributed by atoms with Gasteiger partial charge in [0.1, 0.15) is 6.73 Å². The van der Waals surface area contributed by atoms with Crippen molar-refractivity contribution in [3.05, 3.63) is 0 Å². The maximum absolute atomic E-state index is 9.85. The molecule has 1 aliphatic heterocycles. The molecule has 4 heteroatoms. The summed E-state index contributed by atoms with van der Waals surface area (Å²) in [5.41, 5.74) is 5.71. The van der Waals surface area contributed by atoms with E-state index in [1.807, 2.05) is 4.90 Å². The summed E-state index contributed by atoms with van der Waals surface area (Å²) in [6.07, 6.45) is 2.18. The van der Waals surface area contributed by atoms with E-state index in [-0.39, 0.29) is 6.04 Å². The first-order valence-corrected chi connectivity index (χ1v) is 3.86. The van der Waals surface area contributed by atoms with Gasteiger partial charge in [-0.3, -0.25) is 9.69 Å². The Morgan fingerprint density at radius 3 is 3.18 bits per heavy atom. The molecule has 1 aliphatic rings. The van der Waals surface area contributed by atoms with Crippen LogP contribution in [0.3, 0.4) is 0 Å². The summed E-state index contributed by atoms with van der Waals surface area (Å²) in [4.78, 5) is 11.9. The van der Waals surface area contributed by atoms with Crippen molar-refractivity contribution in [3.8, 4) is 0 Å². The highest BCUT2D eigenvalue weighted by atomic mass is 16.5. The van der Waals surface area contributed by atoms with E-state index in [1.165, 1.54) is 0 Å². The first kappa shape index (κ1) is 8.49. The Balaban J connectivity index is 2.17. The molecule has 1 rings (SSSR count). The van der Waals surface area contributed by atoms with E-state index in [0.717, 1.165) is 25.9 Å². The molecule has 1 saturated heterocycles. The lowest BCUT2D eigenvalue weighted by molar-refractivity contribution is -0.133. The summed E-state index contributed by atoms with van der Waals surface area (Å²) in [6.45, 7) is 2.69. The number of hydrogen-bond acceptors (Lipinski definition) is 4. The molecule has 0 bridgehead atoms. The molecule has 2 N–H and O–H groups in total. The van der Waals surface area contributed by atoms with Crippen molar-refractivity contribution in [1.29, 1.82) is 0 Å². The molecule has 0 aromatic rings. The maximum Gasteiger partial charge on any atom is 0.294 e. The fourth-order valence-corrected chi connectivity index (χ4v) is 1.34. The summed E-state index contributed by atoms with van der Waals surface area (Å²) in [6, 6.07) is 0.249. The Kier molecular flexibility index (Phi) is 3.32. The average molecular weight is 158 g/mol. The van der Waals surface area contributed by atoms with Gasteiger partial charge in [-0.05, 0) is 12.8 Å². The van der Waals surface area contributed by atoms with Crippen LogP contribution in [-0.4, -0.2) is 37.2 Å². The van der Waals surface area contributed by atoms with Crippen LogP contribution in [0.4, 0.5) is 0 Å². The summed E-state index contributed by atoms with van der Waals surface area (Å²) in [5.74, 6) is 0. The van der Waals surface area contributed by atoms with Gasteiger partial charge in [0.15, 0.2) is 0 Å². The number of rotatable bonds is 3. The minimum absolute atomic E-state index is 0.249. The molecular weight excluding hydrogens is 144 g/mol. The van der Waals surface area contributed by atoms with Gasteiger partial charge >= 0.3 is 0 Å². The third kappa shape index (κ3) is 2.86. The van der Waals surface area contributed by atoms with Crippen molar-refractivity contribution in [2.24, 2.45) is 5.73 Å². The number of carbonyl (C=O) groups is 1. The van der Waals surface area contributed by atoms with Gasteiger partial charge in [-0.25, -0.2) is 0 Å². The minimum Gasteiger partial charge on any atom is -0.452 e. The number of hydrogen-bond donors (Lipinski definition) is 1. The van der Waals surface area contributed by atoms with Gasteiger partial charge in [-0.15, -0.1) is 0 Å². The Labute approximate surface area is 66.3 Å². The van der Waals surface area contributed by atoms with Gasteiger partial charge in [0.05, 0.1) is 0 Å². The van der Waals surface area contributed by atoms with Crippen LogP contribution in [0.15, 0.2) is 0 Å². The highest BCUT2D eigenvalue weighted by Gasteiger charge is 2.15. The van der Waals surface area contributed by atoms with Gasteiger partial charge in [0.25, 0.3) is 6.47 Å². The lowest BCUT2D eigenvalue weighted by Gasteiger charge is -2.29. The van der Waals surface area contributed by atoms with Crippen LogP contribution >= 0.6 is 0 Å². The molecule has 1 heterocycles. The highest BCUT2D eigenvalue weighted by Crippen LogP contribution is 2.06. The van der Waals surface area contributed by atoms with Crippen molar-refractivity contribution in [2.75, 3.05) is 19.8 Å². The van der Waals surface area contributed by atoms with Crippen LogP contribution in [0, 0.1) is 0 Å². The summed E-state index contributed by atoms with van der Waals surface area (Å²) in [5, 5.41) is 0. The van der Waals surface area contributed by atoms with Crippen LogP contribution in [0.2, 0.25) is 0 Å². The van der Waals surface area contributed by atoms with Crippen molar-refractivity contribution >= 4 is 6.47 Å². The van der Waals surface area contributed by atoms with E-state index in [0.29, 0.717) is 13.2 Å². The number of carbonyl (C=O) groups excluding carboxylic acids is 1. The third-order valence-electron chi connectivity index (χ3n) is 1.87. The van der Waals surface area contributed by atoms with E-state index in [4.69, 9.17) is 5.73 Å². The third-order valence-corrected chi connectivity index (χ3v) is 1.87. The predicted molar refractivity (Wildman–Crippen MR) is 40.8 cm³/mol. The Bertz CT molecular complexity index is 130. The first-order valence-electron chi connectivity index (χ1n) is 3.86. The number of ether oxygens (including phenoxy) is 1. The largest absolute Gasteiger partial charge is 0.452 e. The zero-order valence-corrected chi connectivity index (χ0v) is 6.53. The Hall–Kier alpha value is -0.610. The molecule has 0 saturated carbocycles. The average Bonchev–Trinajstić information content (AvgIpc) is 2.01. The SMILES string of the molecule is NC1CCCN(COC=O)C1. The van der Waals surface area contributed by atoms with Gasteiger partial charge in [0, 0.05) is 19.1 Å². The van der Waals surface area contributed by atoms with Crippen LogP contribution < -0.4 is 5.73 Å². The van der Waals surface area contributed by atoms with Crippen molar-refractivity contribution < 1.29 is 9.53 Å². The summed E-state index contributed by atoms with van der Waals surface area (Å²) >= 11 is 0. The maximum atomic E-state index is 9.85. The molecule has 4 nitrogen and oxygen atoms in total. The molecule has 1 unspecified atom stereocenters. The lowest BCUT2D eigenvalue weighted by atomic mass is 10.1. The molecule has 1 fully saturated rings. The monoisotopic (exact) mass is 158 g/mol. The lowest BCUT2D eigenvalue weighted by Crippen LogP contribution is -2.43. The smallest absolute Gasteiger partial charge is 0.294 e. The molecule has 64 valence electrons. The van der Waals surface area contributed by atoms with E-state index < -0.39 is 0 Å². The van der Waals surface area contributed by atoms with E-state index in [1.54, 1.807) is 0 Å². The molecule has 0 aliphatic carbocycles. The second-order valence-electron chi connectivity index (χ2n) is 2.87. The minimum atomic E-state index is 0.249. The van der Waals surface area contributed by atoms with Gasteiger partial charge < -0.3 is 10.5 Å². The molecule has 0 aromatic carbocycles. The van der Waals surface area contributed by atoms with Crippen molar-refractivity contribution in [2.45, 2.75) is 18.9 Å². The van der Waals surface area contributed by atoms with Crippen LogP contribution in [-0.2, 0) is 9.53 Å². The zero-order chi connectivity index (χ0) is 8.10. The standard InChI is InChI=1S/C7H14N2O2/c8-7-2-1-3-9(4-7)5-11-6-10/h6-7H,1-5,8H2. The second kappa shape index (κ2) is 4.31. The predicted octanol–water partition coefficient (Wildman–Crippen LogP) is -0.460. The molecular formula is C7H14N2O2. The number of likely N-dealkylation sites (tertiary alicyclic amines) is 1. The van der Waals surface area contributed by atoms with Crippen LogP contribution in [0.1, 0.15) is 12.8 Å². The molecule has 0 aromatic heterocycles. The first-order chi connectivity index (χ1) is 5.33. The summed E-state index contributed by atoms with van der Waals surface area (Å²) < 4.78 is 4.61. The number of nitrogens with zero attached hydrogens (tertiary/aromatic N) is 1. The van der Waals surface area contributed by atoms with Crippen molar-refractivity contribution in [3.63, 3.8) is 0 Å².